The lowest BCUT2D eigenvalue weighted by molar-refractivity contribution is -0.117. The molecule has 5 nitrogen and oxygen atoms in total. The Morgan fingerprint density at radius 1 is 1.12 bits per heavy atom. The topological polar surface area (TPSA) is 59.4 Å². The lowest BCUT2D eigenvalue weighted by Crippen LogP contribution is -2.48. The standard InChI is InChI=1S/C19H19BrN4O/c20-16-5-3-6-17(12-16)24-10-8-23(9-11-24)14-19(25)22-18-7-2-1-4-15(18)13-21/h1-7,12H,8-11,14H2,(H,22,25). The molecule has 3 rings (SSSR count). The number of nitrogens with zero attached hydrogens (tertiary/aromatic N) is 3. The Hall–Kier alpha value is -2.36. The van der Waals surface area contributed by atoms with E-state index in [1.165, 1.54) is 5.69 Å². The fourth-order valence-corrected chi connectivity index (χ4v) is 3.31. The van der Waals surface area contributed by atoms with E-state index in [0.717, 1.165) is 30.7 Å². The zero-order valence-electron chi connectivity index (χ0n) is 13.8. The predicted molar refractivity (Wildman–Crippen MR) is 103 cm³/mol. The molecule has 0 bridgehead atoms. The van der Waals surface area contributed by atoms with Crippen molar-refractivity contribution in [3.63, 3.8) is 0 Å². The van der Waals surface area contributed by atoms with Crippen LogP contribution in [-0.4, -0.2) is 43.5 Å². The zero-order valence-corrected chi connectivity index (χ0v) is 15.4. The minimum atomic E-state index is -0.0846. The molecule has 25 heavy (non-hydrogen) atoms. The van der Waals surface area contributed by atoms with Gasteiger partial charge in [0.25, 0.3) is 0 Å². The van der Waals surface area contributed by atoms with Gasteiger partial charge in [-0.3, -0.25) is 9.69 Å². The quantitative estimate of drug-likeness (QED) is 0.859. The van der Waals surface area contributed by atoms with Gasteiger partial charge in [-0.2, -0.15) is 5.26 Å². The van der Waals surface area contributed by atoms with Crippen LogP contribution in [0.1, 0.15) is 5.56 Å². The molecule has 0 aromatic heterocycles. The van der Waals surface area contributed by atoms with E-state index in [-0.39, 0.29) is 5.91 Å². The molecule has 6 heteroatoms. The van der Waals surface area contributed by atoms with Crippen molar-refractivity contribution in [3.05, 3.63) is 58.6 Å². The molecule has 0 aliphatic carbocycles. The van der Waals surface area contributed by atoms with Crippen LogP contribution in [0.25, 0.3) is 0 Å². The average Bonchev–Trinajstić information content (AvgIpc) is 2.63. The first-order valence-corrected chi connectivity index (χ1v) is 8.97. The highest BCUT2D eigenvalue weighted by atomic mass is 79.9. The zero-order chi connectivity index (χ0) is 17.6. The number of halogens is 1. The lowest BCUT2D eigenvalue weighted by Gasteiger charge is -2.35. The van der Waals surface area contributed by atoms with E-state index in [1.54, 1.807) is 18.2 Å². The molecule has 0 unspecified atom stereocenters. The number of nitriles is 1. The van der Waals surface area contributed by atoms with E-state index in [9.17, 15) is 4.79 Å². The molecule has 1 amide bonds. The van der Waals surface area contributed by atoms with E-state index in [4.69, 9.17) is 5.26 Å². The van der Waals surface area contributed by atoms with Crippen molar-refractivity contribution in [2.24, 2.45) is 0 Å². The molecule has 2 aromatic rings. The van der Waals surface area contributed by atoms with Gasteiger partial charge in [-0.25, -0.2) is 0 Å². The number of anilines is 2. The summed E-state index contributed by atoms with van der Waals surface area (Å²) in [5, 5.41) is 11.9. The van der Waals surface area contributed by atoms with E-state index in [2.05, 4.69) is 49.2 Å². The lowest BCUT2D eigenvalue weighted by atomic mass is 10.2. The smallest absolute Gasteiger partial charge is 0.238 e. The second-order valence-electron chi connectivity index (χ2n) is 5.95. The van der Waals surface area contributed by atoms with Crippen molar-refractivity contribution in [2.75, 3.05) is 42.9 Å². The molecule has 1 N–H and O–H groups in total. The fourth-order valence-electron chi connectivity index (χ4n) is 2.92. The van der Waals surface area contributed by atoms with Crippen molar-refractivity contribution in [1.29, 1.82) is 5.26 Å². The number of benzene rings is 2. The molecule has 1 saturated heterocycles. The Morgan fingerprint density at radius 2 is 1.88 bits per heavy atom. The van der Waals surface area contributed by atoms with Crippen LogP contribution in [0.5, 0.6) is 0 Å². The number of hydrogen-bond donors (Lipinski definition) is 1. The average molecular weight is 399 g/mol. The number of rotatable bonds is 4. The summed E-state index contributed by atoms with van der Waals surface area (Å²) in [6, 6.07) is 17.4. The largest absolute Gasteiger partial charge is 0.369 e. The highest BCUT2D eigenvalue weighted by Crippen LogP contribution is 2.21. The molecule has 1 fully saturated rings. The van der Waals surface area contributed by atoms with E-state index < -0.39 is 0 Å². The van der Waals surface area contributed by atoms with Crippen LogP contribution in [0, 0.1) is 11.3 Å². The highest BCUT2D eigenvalue weighted by molar-refractivity contribution is 9.10. The Balaban J connectivity index is 1.52. The third-order valence-corrected chi connectivity index (χ3v) is 4.73. The monoisotopic (exact) mass is 398 g/mol. The van der Waals surface area contributed by atoms with Crippen molar-refractivity contribution >= 4 is 33.2 Å². The molecule has 0 spiro atoms. The maximum Gasteiger partial charge on any atom is 0.238 e. The summed E-state index contributed by atoms with van der Waals surface area (Å²) >= 11 is 3.50. The Labute approximate surface area is 156 Å². The summed E-state index contributed by atoms with van der Waals surface area (Å²) in [7, 11) is 0. The Kier molecular flexibility index (Phi) is 5.69. The molecule has 0 radical (unpaired) electrons. The summed E-state index contributed by atoms with van der Waals surface area (Å²) in [5.74, 6) is -0.0846. The van der Waals surface area contributed by atoms with Gasteiger partial charge in [0.2, 0.25) is 5.91 Å². The number of carbonyl (C=O) groups is 1. The van der Waals surface area contributed by atoms with Crippen LogP contribution in [0.4, 0.5) is 11.4 Å². The first-order chi connectivity index (χ1) is 12.2. The van der Waals surface area contributed by atoms with Crippen LogP contribution in [0.3, 0.4) is 0 Å². The molecule has 1 heterocycles. The summed E-state index contributed by atoms with van der Waals surface area (Å²) in [4.78, 5) is 16.7. The van der Waals surface area contributed by atoms with Gasteiger partial charge >= 0.3 is 0 Å². The maximum atomic E-state index is 12.3. The minimum absolute atomic E-state index is 0.0846. The summed E-state index contributed by atoms with van der Waals surface area (Å²) in [6.45, 7) is 3.78. The summed E-state index contributed by atoms with van der Waals surface area (Å²) in [5.41, 5.74) is 2.25. The van der Waals surface area contributed by atoms with E-state index in [1.807, 2.05) is 18.2 Å². The van der Waals surface area contributed by atoms with Gasteiger partial charge in [0.1, 0.15) is 6.07 Å². The summed E-state index contributed by atoms with van der Waals surface area (Å²) in [6.07, 6.45) is 0. The molecular formula is C19H19BrN4O. The predicted octanol–water partition coefficient (Wildman–Crippen LogP) is 3.08. The third-order valence-electron chi connectivity index (χ3n) is 4.23. The normalized spacial score (nSPS) is 14.8. The molecular weight excluding hydrogens is 380 g/mol. The van der Waals surface area contributed by atoms with Gasteiger partial charge in [0, 0.05) is 36.3 Å². The first kappa shape index (κ1) is 17.5. The molecule has 2 aromatic carbocycles. The number of piperazine rings is 1. The van der Waals surface area contributed by atoms with Gasteiger partial charge in [-0.15, -0.1) is 0 Å². The molecule has 0 atom stereocenters. The number of hydrogen-bond acceptors (Lipinski definition) is 4. The van der Waals surface area contributed by atoms with Crippen LogP contribution >= 0.6 is 15.9 Å². The Morgan fingerprint density at radius 3 is 2.60 bits per heavy atom. The van der Waals surface area contributed by atoms with Gasteiger partial charge < -0.3 is 10.2 Å². The van der Waals surface area contributed by atoms with Crippen molar-refractivity contribution in [2.45, 2.75) is 0 Å². The SMILES string of the molecule is N#Cc1ccccc1NC(=O)CN1CCN(c2cccc(Br)c2)CC1. The molecule has 1 aliphatic heterocycles. The third kappa shape index (κ3) is 4.59. The molecule has 1 aliphatic rings. The minimum Gasteiger partial charge on any atom is -0.369 e. The molecule has 128 valence electrons. The van der Waals surface area contributed by atoms with Crippen molar-refractivity contribution in [1.82, 2.24) is 4.90 Å². The van der Waals surface area contributed by atoms with Gasteiger partial charge in [0.15, 0.2) is 0 Å². The van der Waals surface area contributed by atoms with Gasteiger partial charge in [-0.1, -0.05) is 34.1 Å². The van der Waals surface area contributed by atoms with Crippen LogP contribution in [0.2, 0.25) is 0 Å². The second-order valence-corrected chi connectivity index (χ2v) is 6.86. The van der Waals surface area contributed by atoms with Crippen molar-refractivity contribution < 1.29 is 4.79 Å². The van der Waals surface area contributed by atoms with Crippen LogP contribution in [0.15, 0.2) is 53.0 Å². The number of carbonyl (C=O) groups excluding carboxylic acids is 1. The van der Waals surface area contributed by atoms with Crippen LogP contribution in [-0.2, 0) is 4.79 Å². The number of para-hydroxylation sites is 1. The van der Waals surface area contributed by atoms with Gasteiger partial charge in [-0.05, 0) is 30.3 Å². The first-order valence-electron chi connectivity index (χ1n) is 8.17. The fraction of sp³-hybridized carbons (Fsp3) is 0.263. The van der Waals surface area contributed by atoms with Gasteiger partial charge in [0.05, 0.1) is 17.8 Å². The van der Waals surface area contributed by atoms with E-state index >= 15 is 0 Å². The second kappa shape index (κ2) is 8.15. The summed E-state index contributed by atoms with van der Waals surface area (Å²) < 4.78 is 1.07. The molecule has 0 saturated carbocycles. The number of amides is 1. The maximum absolute atomic E-state index is 12.3. The number of nitrogens with one attached hydrogen (secondary N) is 1. The van der Waals surface area contributed by atoms with E-state index in [0.29, 0.717) is 17.8 Å². The van der Waals surface area contributed by atoms with Crippen LogP contribution < -0.4 is 10.2 Å². The van der Waals surface area contributed by atoms with Crippen molar-refractivity contribution in [3.8, 4) is 6.07 Å². The highest BCUT2D eigenvalue weighted by Gasteiger charge is 2.19. The Bertz CT molecular complexity index is 794.